The van der Waals surface area contributed by atoms with Gasteiger partial charge >= 0.3 is 0 Å². The Morgan fingerprint density at radius 1 is 1.07 bits per heavy atom. The van der Waals surface area contributed by atoms with E-state index in [4.69, 9.17) is 16.3 Å². The monoisotopic (exact) mass is 400 g/mol. The molecule has 2 N–H and O–H groups in total. The summed E-state index contributed by atoms with van der Waals surface area (Å²) in [5.41, 5.74) is 0.871. The fourth-order valence-electron chi connectivity index (χ4n) is 3.68. The van der Waals surface area contributed by atoms with Crippen molar-refractivity contribution in [2.75, 3.05) is 6.61 Å². The number of amides is 2. The minimum Gasteiger partial charge on any atom is -0.493 e. The zero-order chi connectivity index (χ0) is 19.9. The van der Waals surface area contributed by atoms with E-state index >= 15 is 0 Å². The molecule has 3 atom stereocenters. The lowest BCUT2D eigenvalue weighted by molar-refractivity contribution is -0.126. The number of nitrogens with one attached hydrogen (secondary N) is 2. The largest absolute Gasteiger partial charge is 0.493 e. The van der Waals surface area contributed by atoms with Gasteiger partial charge in [0.05, 0.1) is 12.5 Å². The van der Waals surface area contributed by atoms with E-state index in [-0.39, 0.29) is 29.7 Å². The molecule has 0 bridgehead atoms. The fraction of sp³-hybridized carbons (Fsp3) is 0.364. The summed E-state index contributed by atoms with van der Waals surface area (Å²) in [5, 5.41) is 6.52. The molecule has 0 heterocycles. The molecule has 1 saturated carbocycles. The fourth-order valence-corrected chi connectivity index (χ4v) is 3.88. The zero-order valence-electron chi connectivity index (χ0n) is 15.9. The van der Waals surface area contributed by atoms with E-state index in [0.717, 1.165) is 17.7 Å². The van der Waals surface area contributed by atoms with E-state index in [2.05, 4.69) is 10.6 Å². The Kier molecular flexibility index (Phi) is 6.93. The highest BCUT2D eigenvalue weighted by atomic mass is 35.5. The molecule has 1 aliphatic carbocycles. The summed E-state index contributed by atoms with van der Waals surface area (Å²) in [5.74, 6) is 0.536. The number of hydrogen-bond donors (Lipinski definition) is 2. The molecule has 28 heavy (non-hydrogen) atoms. The van der Waals surface area contributed by atoms with Gasteiger partial charge in [-0.15, -0.1) is 0 Å². The van der Waals surface area contributed by atoms with Crippen LogP contribution in [0.3, 0.4) is 0 Å². The van der Waals surface area contributed by atoms with E-state index in [9.17, 15) is 9.59 Å². The molecule has 0 radical (unpaired) electrons. The third-order valence-corrected chi connectivity index (χ3v) is 5.39. The van der Waals surface area contributed by atoms with Crippen LogP contribution in [0.1, 0.15) is 25.3 Å². The Morgan fingerprint density at radius 2 is 1.79 bits per heavy atom. The van der Waals surface area contributed by atoms with Crippen LogP contribution in [0.25, 0.3) is 0 Å². The lowest BCUT2D eigenvalue weighted by atomic mass is 10.0. The molecule has 6 heteroatoms. The molecule has 2 amide bonds. The van der Waals surface area contributed by atoms with Gasteiger partial charge in [0.25, 0.3) is 0 Å². The van der Waals surface area contributed by atoms with Crippen LogP contribution in [0, 0.1) is 11.8 Å². The average molecular weight is 401 g/mol. The van der Waals surface area contributed by atoms with Crippen molar-refractivity contribution < 1.29 is 14.3 Å². The molecule has 3 unspecified atom stereocenters. The first-order chi connectivity index (χ1) is 13.5. The molecule has 5 nitrogen and oxygen atoms in total. The summed E-state index contributed by atoms with van der Waals surface area (Å²) in [6.07, 6.45) is 1.39. The van der Waals surface area contributed by atoms with Crippen molar-refractivity contribution >= 4 is 23.4 Å². The highest BCUT2D eigenvalue weighted by Crippen LogP contribution is 2.32. The first-order valence-electron chi connectivity index (χ1n) is 9.49. The predicted molar refractivity (Wildman–Crippen MR) is 109 cm³/mol. The Morgan fingerprint density at radius 3 is 2.50 bits per heavy atom. The number of ether oxygens (including phenoxy) is 1. The van der Waals surface area contributed by atoms with E-state index < -0.39 is 0 Å². The van der Waals surface area contributed by atoms with Crippen LogP contribution in [-0.2, 0) is 16.1 Å². The van der Waals surface area contributed by atoms with Gasteiger partial charge in [0.1, 0.15) is 5.75 Å². The summed E-state index contributed by atoms with van der Waals surface area (Å²) >= 11 is 6.16. The lowest BCUT2D eigenvalue weighted by Crippen LogP contribution is -2.43. The first-order valence-corrected chi connectivity index (χ1v) is 9.87. The lowest BCUT2D eigenvalue weighted by Gasteiger charge is -2.19. The van der Waals surface area contributed by atoms with Crippen molar-refractivity contribution in [3.63, 3.8) is 0 Å². The van der Waals surface area contributed by atoms with Crippen molar-refractivity contribution in [2.45, 2.75) is 32.4 Å². The normalized spacial score (nSPS) is 21.1. The third-order valence-electron chi connectivity index (χ3n) is 5.03. The van der Waals surface area contributed by atoms with Crippen molar-refractivity contribution in [1.82, 2.24) is 10.6 Å². The van der Waals surface area contributed by atoms with Gasteiger partial charge in [-0.3, -0.25) is 9.59 Å². The quantitative estimate of drug-likeness (QED) is 0.746. The number of para-hydroxylation sites is 1. The SMILES string of the molecule is CC(=O)NC1CC(COc2ccccc2)CC1C(=O)NCc1ccccc1Cl. The molecule has 2 aromatic carbocycles. The minimum absolute atomic E-state index is 0.0686. The number of rotatable bonds is 7. The maximum Gasteiger partial charge on any atom is 0.225 e. The molecular weight excluding hydrogens is 376 g/mol. The molecule has 1 fully saturated rings. The Balaban J connectivity index is 1.59. The van der Waals surface area contributed by atoms with Crippen LogP contribution in [0.5, 0.6) is 5.75 Å². The molecule has 3 rings (SSSR count). The maximum atomic E-state index is 12.8. The van der Waals surface area contributed by atoms with E-state index in [0.29, 0.717) is 24.6 Å². The third kappa shape index (κ3) is 5.49. The van der Waals surface area contributed by atoms with Crippen LogP contribution in [0.2, 0.25) is 5.02 Å². The van der Waals surface area contributed by atoms with Crippen LogP contribution in [0.4, 0.5) is 0 Å². The topological polar surface area (TPSA) is 67.4 Å². The molecule has 0 spiro atoms. The number of hydrogen-bond acceptors (Lipinski definition) is 3. The summed E-state index contributed by atoms with van der Waals surface area (Å²) in [6.45, 7) is 2.37. The molecule has 0 aromatic heterocycles. The van der Waals surface area contributed by atoms with Gasteiger partial charge in [-0.05, 0) is 42.5 Å². The molecular formula is C22H25ClN2O3. The van der Waals surface area contributed by atoms with E-state index in [1.165, 1.54) is 6.92 Å². The van der Waals surface area contributed by atoms with E-state index in [1.54, 1.807) is 6.07 Å². The number of carbonyl (C=O) groups excluding carboxylic acids is 2. The summed E-state index contributed by atoms with van der Waals surface area (Å²) in [6, 6.07) is 16.9. The average Bonchev–Trinajstić information content (AvgIpc) is 3.08. The van der Waals surface area contributed by atoms with Crippen LogP contribution in [-0.4, -0.2) is 24.5 Å². The molecule has 2 aromatic rings. The predicted octanol–water partition coefficient (Wildman–Crippen LogP) is 3.57. The van der Waals surface area contributed by atoms with Gasteiger partial charge in [0, 0.05) is 24.5 Å². The van der Waals surface area contributed by atoms with Crippen molar-refractivity contribution in [1.29, 1.82) is 0 Å². The summed E-state index contributed by atoms with van der Waals surface area (Å²) in [7, 11) is 0. The van der Waals surface area contributed by atoms with Gasteiger partial charge in [0.2, 0.25) is 11.8 Å². The Labute approximate surface area is 170 Å². The number of benzene rings is 2. The van der Waals surface area contributed by atoms with Gasteiger partial charge < -0.3 is 15.4 Å². The number of carbonyl (C=O) groups is 2. The Bertz CT molecular complexity index is 812. The Hall–Kier alpha value is -2.53. The van der Waals surface area contributed by atoms with Gasteiger partial charge in [-0.1, -0.05) is 48.0 Å². The second kappa shape index (κ2) is 9.60. The smallest absolute Gasteiger partial charge is 0.225 e. The van der Waals surface area contributed by atoms with Crippen LogP contribution < -0.4 is 15.4 Å². The summed E-state index contributed by atoms with van der Waals surface area (Å²) < 4.78 is 5.85. The molecule has 0 saturated heterocycles. The second-order valence-corrected chi connectivity index (χ2v) is 7.59. The van der Waals surface area contributed by atoms with Gasteiger partial charge in [-0.2, -0.15) is 0 Å². The van der Waals surface area contributed by atoms with Crippen molar-refractivity contribution in [3.05, 3.63) is 65.2 Å². The van der Waals surface area contributed by atoms with Gasteiger partial charge in [-0.25, -0.2) is 0 Å². The second-order valence-electron chi connectivity index (χ2n) is 7.18. The van der Waals surface area contributed by atoms with Crippen LogP contribution in [0.15, 0.2) is 54.6 Å². The molecule has 0 aliphatic heterocycles. The highest BCUT2D eigenvalue weighted by molar-refractivity contribution is 6.31. The highest BCUT2D eigenvalue weighted by Gasteiger charge is 2.39. The van der Waals surface area contributed by atoms with Gasteiger partial charge in [0.15, 0.2) is 0 Å². The van der Waals surface area contributed by atoms with E-state index in [1.807, 2.05) is 48.5 Å². The molecule has 148 valence electrons. The van der Waals surface area contributed by atoms with Crippen LogP contribution >= 0.6 is 11.6 Å². The minimum atomic E-state index is -0.282. The molecule has 1 aliphatic rings. The summed E-state index contributed by atoms with van der Waals surface area (Å²) in [4.78, 5) is 24.4. The maximum absolute atomic E-state index is 12.8. The zero-order valence-corrected chi connectivity index (χ0v) is 16.6. The van der Waals surface area contributed by atoms with Crippen molar-refractivity contribution in [2.24, 2.45) is 11.8 Å². The number of halogens is 1. The van der Waals surface area contributed by atoms with Crippen molar-refractivity contribution in [3.8, 4) is 5.75 Å². The standard InChI is InChI=1S/C22H25ClN2O3/c1-15(26)25-21-12-16(14-28-18-8-3-2-4-9-18)11-19(21)22(27)24-13-17-7-5-6-10-20(17)23/h2-10,16,19,21H,11-14H2,1H3,(H,24,27)(H,25,26). The first kappa shape index (κ1) is 20.2.